The largest absolute Gasteiger partial charge is 0.369 e. The van der Waals surface area contributed by atoms with Crippen molar-refractivity contribution in [3.05, 3.63) is 47.6 Å². The molecule has 1 aromatic heterocycles. The van der Waals surface area contributed by atoms with Crippen LogP contribution in [-0.4, -0.2) is 23.0 Å². The lowest BCUT2D eigenvalue weighted by atomic mass is 10.1. The van der Waals surface area contributed by atoms with Crippen LogP contribution >= 0.6 is 11.8 Å². The number of nitrogens with zero attached hydrogens (tertiary/aromatic N) is 3. The number of rotatable bonds is 6. The summed E-state index contributed by atoms with van der Waals surface area (Å²) >= 11 is 1.44. The van der Waals surface area contributed by atoms with Gasteiger partial charge in [-0.25, -0.2) is 0 Å². The van der Waals surface area contributed by atoms with Gasteiger partial charge in [0.1, 0.15) is 6.10 Å². The van der Waals surface area contributed by atoms with Crippen molar-refractivity contribution in [3.8, 4) is 6.07 Å². The van der Waals surface area contributed by atoms with E-state index in [0.717, 1.165) is 5.56 Å². The third-order valence-corrected chi connectivity index (χ3v) is 3.23. The van der Waals surface area contributed by atoms with Gasteiger partial charge in [-0.3, -0.25) is 0 Å². The summed E-state index contributed by atoms with van der Waals surface area (Å²) in [7, 11) is 1.61. The van der Waals surface area contributed by atoms with Crippen LogP contribution < -0.4 is 0 Å². The van der Waals surface area contributed by atoms with Crippen LogP contribution in [-0.2, 0) is 10.5 Å². The molecule has 0 spiro atoms. The number of thioether (sulfide) groups is 1. The van der Waals surface area contributed by atoms with Gasteiger partial charge in [-0.2, -0.15) is 10.2 Å². The summed E-state index contributed by atoms with van der Waals surface area (Å²) < 4.78 is 10.6. The van der Waals surface area contributed by atoms with Crippen molar-refractivity contribution in [1.29, 1.82) is 5.26 Å². The molecule has 1 heterocycles. The van der Waals surface area contributed by atoms with Crippen LogP contribution in [0.3, 0.4) is 0 Å². The highest BCUT2D eigenvalue weighted by molar-refractivity contribution is 7.98. The van der Waals surface area contributed by atoms with Gasteiger partial charge in [0.25, 0.3) is 0 Å². The maximum atomic E-state index is 8.47. The Kier molecular flexibility index (Phi) is 4.95. The first-order valence-electron chi connectivity index (χ1n) is 5.70. The van der Waals surface area contributed by atoms with E-state index in [1.807, 2.05) is 30.3 Å². The summed E-state index contributed by atoms with van der Waals surface area (Å²) in [5.74, 6) is 1.95. The molecule has 0 saturated carbocycles. The molecule has 0 aliphatic rings. The standard InChI is InChI=1S/C13H13N3O2S/c1-17-12(10-5-3-2-4-6-10)13-15-11(18-16-13)9-19-8-7-14/h2-6,12H,8-9H2,1H3. The molecule has 0 saturated heterocycles. The Labute approximate surface area is 115 Å². The number of hydrogen-bond donors (Lipinski definition) is 0. The molecule has 6 heteroatoms. The van der Waals surface area contributed by atoms with Crippen molar-refractivity contribution >= 4 is 11.8 Å². The molecule has 0 amide bonds. The zero-order valence-electron chi connectivity index (χ0n) is 10.4. The second-order valence-corrected chi connectivity index (χ2v) is 4.71. The molecule has 0 radical (unpaired) electrons. The molecule has 0 aliphatic carbocycles. The fourth-order valence-electron chi connectivity index (χ4n) is 1.64. The van der Waals surface area contributed by atoms with E-state index in [-0.39, 0.29) is 6.10 Å². The van der Waals surface area contributed by atoms with E-state index < -0.39 is 0 Å². The van der Waals surface area contributed by atoms with Crippen molar-refractivity contribution in [2.75, 3.05) is 12.9 Å². The highest BCUT2D eigenvalue weighted by Gasteiger charge is 2.19. The normalized spacial score (nSPS) is 12.0. The van der Waals surface area contributed by atoms with Crippen molar-refractivity contribution in [3.63, 3.8) is 0 Å². The number of ether oxygens (including phenoxy) is 1. The monoisotopic (exact) mass is 275 g/mol. The number of methoxy groups -OCH3 is 1. The number of hydrogen-bond acceptors (Lipinski definition) is 6. The summed E-state index contributed by atoms with van der Waals surface area (Å²) in [6.45, 7) is 0. The lowest BCUT2D eigenvalue weighted by Gasteiger charge is -2.10. The van der Waals surface area contributed by atoms with E-state index in [0.29, 0.717) is 23.2 Å². The lowest BCUT2D eigenvalue weighted by Crippen LogP contribution is -2.05. The molecule has 0 aliphatic heterocycles. The predicted octanol–water partition coefficient (Wildman–Crippen LogP) is 2.56. The van der Waals surface area contributed by atoms with E-state index in [1.165, 1.54) is 11.8 Å². The topological polar surface area (TPSA) is 71.9 Å². The summed E-state index contributed by atoms with van der Waals surface area (Å²) in [6, 6.07) is 11.8. The minimum absolute atomic E-state index is 0.334. The zero-order valence-corrected chi connectivity index (χ0v) is 11.3. The minimum atomic E-state index is -0.334. The smallest absolute Gasteiger partial charge is 0.236 e. The molecule has 98 valence electrons. The van der Waals surface area contributed by atoms with Gasteiger partial charge < -0.3 is 9.26 Å². The van der Waals surface area contributed by atoms with Gasteiger partial charge in [-0.1, -0.05) is 35.5 Å². The second kappa shape index (κ2) is 6.92. The average molecular weight is 275 g/mol. The lowest BCUT2D eigenvalue weighted by molar-refractivity contribution is 0.126. The van der Waals surface area contributed by atoms with Crippen LogP contribution in [0.1, 0.15) is 23.4 Å². The average Bonchev–Trinajstić information content (AvgIpc) is 2.90. The van der Waals surface area contributed by atoms with Gasteiger partial charge in [0.2, 0.25) is 11.7 Å². The van der Waals surface area contributed by atoms with Gasteiger partial charge >= 0.3 is 0 Å². The third kappa shape index (κ3) is 3.56. The van der Waals surface area contributed by atoms with Crippen LogP contribution in [0, 0.1) is 11.3 Å². The van der Waals surface area contributed by atoms with Crippen molar-refractivity contribution in [1.82, 2.24) is 10.1 Å². The third-order valence-electron chi connectivity index (χ3n) is 2.45. The molecule has 0 N–H and O–H groups in total. The minimum Gasteiger partial charge on any atom is -0.369 e. The molecule has 1 aromatic carbocycles. The van der Waals surface area contributed by atoms with Gasteiger partial charge in [0, 0.05) is 7.11 Å². The van der Waals surface area contributed by atoms with Gasteiger partial charge in [-0.15, -0.1) is 11.8 Å². The molecule has 1 atom stereocenters. The van der Waals surface area contributed by atoms with Gasteiger partial charge in [0.05, 0.1) is 17.6 Å². The maximum Gasteiger partial charge on any atom is 0.236 e. The van der Waals surface area contributed by atoms with Crippen molar-refractivity contribution < 1.29 is 9.26 Å². The predicted molar refractivity (Wildman–Crippen MR) is 71.4 cm³/mol. The zero-order chi connectivity index (χ0) is 13.5. The molecule has 5 nitrogen and oxygen atoms in total. The first kappa shape index (κ1) is 13.6. The Bertz CT molecular complexity index is 551. The van der Waals surface area contributed by atoms with Gasteiger partial charge in [-0.05, 0) is 5.56 Å². The summed E-state index contributed by atoms with van der Waals surface area (Å²) in [5, 5.41) is 12.4. The van der Waals surface area contributed by atoms with E-state index in [9.17, 15) is 0 Å². The van der Waals surface area contributed by atoms with E-state index in [1.54, 1.807) is 7.11 Å². The Hall–Kier alpha value is -1.84. The Morgan fingerprint density at radius 2 is 2.21 bits per heavy atom. The van der Waals surface area contributed by atoms with Crippen LogP contribution in [0.2, 0.25) is 0 Å². The van der Waals surface area contributed by atoms with Crippen LogP contribution in [0.25, 0.3) is 0 Å². The van der Waals surface area contributed by atoms with Crippen molar-refractivity contribution in [2.45, 2.75) is 11.9 Å². The molecule has 19 heavy (non-hydrogen) atoms. The molecular weight excluding hydrogens is 262 g/mol. The number of benzene rings is 1. The second-order valence-electron chi connectivity index (χ2n) is 3.72. The van der Waals surface area contributed by atoms with Crippen molar-refractivity contribution in [2.24, 2.45) is 0 Å². The number of nitriles is 1. The first-order chi connectivity index (χ1) is 9.35. The number of aromatic nitrogens is 2. The highest BCUT2D eigenvalue weighted by atomic mass is 32.2. The first-order valence-corrected chi connectivity index (χ1v) is 6.85. The molecular formula is C13H13N3O2S. The molecule has 0 bridgehead atoms. The van der Waals surface area contributed by atoms with E-state index in [2.05, 4.69) is 16.2 Å². The van der Waals surface area contributed by atoms with E-state index >= 15 is 0 Å². The van der Waals surface area contributed by atoms with Crippen LogP contribution in [0.4, 0.5) is 0 Å². The summed E-state index contributed by atoms with van der Waals surface area (Å²) in [6.07, 6.45) is -0.334. The highest BCUT2D eigenvalue weighted by Crippen LogP contribution is 2.23. The van der Waals surface area contributed by atoms with Gasteiger partial charge in [0.15, 0.2) is 0 Å². The van der Waals surface area contributed by atoms with E-state index in [4.69, 9.17) is 14.5 Å². The molecule has 1 unspecified atom stereocenters. The quantitative estimate of drug-likeness (QED) is 0.754. The van der Waals surface area contributed by atoms with Crippen LogP contribution in [0.5, 0.6) is 0 Å². The molecule has 2 rings (SSSR count). The van der Waals surface area contributed by atoms with Crippen LogP contribution in [0.15, 0.2) is 34.9 Å². The Morgan fingerprint density at radius 3 is 2.89 bits per heavy atom. The fraction of sp³-hybridized carbons (Fsp3) is 0.308. The SMILES string of the molecule is COC(c1ccccc1)c1noc(CSCC#N)n1. The molecule has 2 aromatic rings. The Morgan fingerprint density at radius 1 is 1.42 bits per heavy atom. The molecule has 0 fully saturated rings. The summed E-state index contributed by atoms with van der Waals surface area (Å²) in [5.41, 5.74) is 0.974. The Balaban J connectivity index is 2.10. The summed E-state index contributed by atoms with van der Waals surface area (Å²) in [4.78, 5) is 4.30. The maximum absolute atomic E-state index is 8.47. The fourth-order valence-corrected chi connectivity index (χ4v) is 2.12.